The minimum Gasteiger partial charge on any atom is -0.493 e. The Labute approximate surface area is 213 Å². The lowest BCUT2D eigenvalue weighted by molar-refractivity contribution is -0.128. The average molecular weight is 500 g/mol. The van der Waals surface area contributed by atoms with Gasteiger partial charge >= 0.3 is 11.6 Å². The van der Waals surface area contributed by atoms with E-state index in [1.807, 2.05) is 30.3 Å². The van der Waals surface area contributed by atoms with E-state index in [1.54, 1.807) is 50.4 Å². The van der Waals surface area contributed by atoms with Crippen molar-refractivity contribution in [3.8, 4) is 17.2 Å². The molecule has 0 aliphatic heterocycles. The quantitative estimate of drug-likeness (QED) is 0.153. The lowest BCUT2D eigenvalue weighted by Gasteiger charge is -2.11. The summed E-state index contributed by atoms with van der Waals surface area (Å²) in [5, 5.41) is 3.09. The molecule has 0 aliphatic rings. The fraction of sp³-hybridized carbons (Fsp3) is 0.138. The van der Waals surface area contributed by atoms with Crippen molar-refractivity contribution in [2.75, 3.05) is 13.7 Å². The molecule has 1 N–H and O–H groups in total. The molecule has 1 amide bonds. The molecule has 0 atom stereocenters. The Morgan fingerprint density at radius 1 is 0.973 bits per heavy atom. The van der Waals surface area contributed by atoms with Gasteiger partial charge in [0.1, 0.15) is 23.5 Å². The van der Waals surface area contributed by atoms with Gasteiger partial charge in [-0.3, -0.25) is 4.79 Å². The van der Waals surface area contributed by atoms with E-state index < -0.39 is 17.5 Å². The fourth-order valence-corrected chi connectivity index (χ4v) is 3.53. The maximum atomic E-state index is 12.4. The molecule has 0 saturated carbocycles. The number of carbonyl (C=O) groups excluding carboxylic acids is 2. The highest BCUT2D eigenvalue weighted by molar-refractivity contribution is 5.97. The Morgan fingerprint density at radius 2 is 1.78 bits per heavy atom. The lowest BCUT2D eigenvalue weighted by Crippen LogP contribution is -2.27. The summed E-state index contributed by atoms with van der Waals surface area (Å²) in [4.78, 5) is 36.5. The van der Waals surface area contributed by atoms with Gasteiger partial charge in [0.25, 0.3) is 5.91 Å². The van der Waals surface area contributed by atoms with Crippen molar-refractivity contribution in [2.45, 2.75) is 13.5 Å². The van der Waals surface area contributed by atoms with Gasteiger partial charge in [-0.25, -0.2) is 9.59 Å². The number of esters is 1. The van der Waals surface area contributed by atoms with Crippen LogP contribution < -0.4 is 25.2 Å². The molecule has 0 aliphatic carbocycles. The molecular weight excluding hydrogens is 474 g/mol. The molecule has 0 unspecified atom stereocenters. The van der Waals surface area contributed by atoms with E-state index in [0.717, 1.165) is 5.56 Å². The van der Waals surface area contributed by atoms with Crippen molar-refractivity contribution in [1.82, 2.24) is 5.32 Å². The van der Waals surface area contributed by atoms with Crippen LogP contribution >= 0.6 is 0 Å². The highest BCUT2D eigenvalue weighted by Crippen LogP contribution is 2.29. The molecule has 0 spiro atoms. The fourth-order valence-electron chi connectivity index (χ4n) is 3.53. The number of fused-ring (bicyclic) bond motifs is 1. The maximum Gasteiger partial charge on any atom is 0.349 e. The predicted octanol–water partition coefficient (Wildman–Crippen LogP) is 4.75. The largest absolute Gasteiger partial charge is 0.493 e. The molecule has 188 valence electrons. The van der Waals surface area contributed by atoms with Gasteiger partial charge in [0.2, 0.25) is 0 Å². The highest BCUT2D eigenvalue weighted by Gasteiger charge is 2.14. The zero-order valence-electron chi connectivity index (χ0n) is 20.4. The summed E-state index contributed by atoms with van der Waals surface area (Å²) < 4.78 is 21.9. The number of carbonyl (C=O) groups is 2. The molecule has 8 heteroatoms. The molecule has 3 aromatic carbocycles. The molecule has 0 saturated heterocycles. The van der Waals surface area contributed by atoms with E-state index in [0.29, 0.717) is 35.6 Å². The third-order valence-electron chi connectivity index (χ3n) is 5.34. The van der Waals surface area contributed by atoms with Crippen molar-refractivity contribution in [2.24, 2.45) is 0 Å². The summed E-state index contributed by atoms with van der Waals surface area (Å²) in [7, 11) is 1.55. The van der Waals surface area contributed by atoms with Crippen LogP contribution in [0.15, 0.2) is 88.1 Å². The molecule has 0 fully saturated rings. The summed E-state index contributed by atoms with van der Waals surface area (Å²) >= 11 is 0. The van der Waals surface area contributed by atoms with Crippen LogP contribution in [0.3, 0.4) is 0 Å². The highest BCUT2D eigenvalue weighted by atomic mass is 16.5. The van der Waals surface area contributed by atoms with E-state index in [1.165, 1.54) is 18.2 Å². The third kappa shape index (κ3) is 6.43. The summed E-state index contributed by atoms with van der Waals surface area (Å²) in [6, 6.07) is 21.1. The third-order valence-corrected chi connectivity index (χ3v) is 5.34. The first kappa shape index (κ1) is 25.2. The number of ether oxygens (including phenoxy) is 3. The van der Waals surface area contributed by atoms with Gasteiger partial charge in [0.15, 0.2) is 11.5 Å². The second-order valence-electron chi connectivity index (χ2n) is 7.95. The standard InChI is InChI=1S/C29H25NO7/c1-3-30-28(32)23-16-21-11-12-22(17-25(21)37-29(23)33)36-27(31)14-10-19-9-13-24(26(15-19)34-2)35-18-20-7-5-4-6-8-20/h4-17H,3,18H2,1-2H3,(H,30,32)/b14-10+. The van der Waals surface area contributed by atoms with Gasteiger partial charge < -0.3 is 23.9 Å². The second-order valence-corrected chi connectivity index (χ2v) is 7.95. The van der Waals surface area contributed by atoms with Crippen LogP contribution in [0.2, 0.25) is 0 Å². The molecule has 4 rings (SSSR count). The first-order chi connectivity index (χ1) is 18.0. The number of rotatable bonds is 9. The number of methoxy groups -OCH3 is 1. The molecule has 8 nitrogen and oxygen atoms in total. The van der Waals surface area contributed by atoms with Crippen molar-refractivity contribution < 1.29 is 28.2 Å². The first-order valence-corrected chi connectivity index (χ1v) is 11.6. The van der Waals surface area contributed by atoms with Gasteiger partial charge in [-0.1, -0.05) is 36.4 Å². The van der Waals surface area contributed by atoms with Crippen LogP contribution in [-0.2, 0) is 11.4 Å². The number of hydrogen-bond donors (Lipinski definition) is 1. The Bertz CT molecular complexity index is 1510. The molecule has 1 aromatic heterocycles. The summed E-state index contributed by atoms with van der Waals surface area (Å²) in [5.41, 5.74) is 1.08. The summed E-state index contributed by atoms with van der Waals surface area (Å²) in [6.45, 7) is 2.54. The van der Waals surface area contributed by atoms with Gasteiger partial charge in [0, 0.05) is 24.1 Å². The van der Waals surface area contributed by atoms with E-state index in [9.17, 15) is 14.4 Å². The normalized spacial score (nSPS) is 10.9. The van der Waals surface area contributed by atoms with Crippen molar-refractivity contribution >= 4 is 28.9 Å². The molecule has 4 aromatic rings. The number of nitrogens with one attached hydrogen (secondary N) is 1. The SMILES string of the molecule is CCNC(=O)c1cc2ccc(OC(=O)/C=C/c3ccc(OCc4ccccc4)c(OC)c3)cc2oc1=O. The predicted molar refractivity (Wildman–Crippen MR) is 139 cm³/mol. The van der Waals surface area contributed by atoms with Crippen molar-refractivity contribution in [1.29, 1.82) is 0 Å². The molecule has 1 heterocycles. The van der Waals surface area contributed by atoms with Gasteiger partial charge in [0.05, 0.1) is 7.11 Å². The van der Waals surface area contributed by atoms with Gasteiger partial charge in [-0.15, -0.1) is 0 Å². The van der Waals surface area contributed by atoms with Gasteiger partial charge in [-0.2, -0.15) is 0 Å². The molecule has 0 bridgehead atoms. The van der Waals surface area contributed by atoms with Crippen LogP contribution in [0.25, 0.3) is 17.0 Å². The number of amides is 1. The van der Waals surface area contributed by atoms with E-state index in [4.69, 9.17) is 18.6 Å². The molecule has 0 radical (unpaired) electrons. The minimum atomic E-state index is -0.771. The Balaban J connectivity index is 1.42. The first-order valence-electron chi connectivity index (χ1n) is 11.6. The minimum absolute atomic E-state index is 0.0889. The zero-order valence-corrected chi connectivity index (χ0v) is 20.4. The average Bonchev–Trinajstić information content (AvgIpc) is 2.91. The summed E-state index contributed by atoms with van der Waals surface area (Å²) in [5.74, 6) is 0.176. The number of hydrogen-bond acceptors (Lipinski definition) is 7. The van der Waals surface area contributed by atoms with Gasteiger partial charge in [-0.05, 0) is 54.5 Å². The van der Waals surface area contributed by atoms with Crippen LogP contribution in [0, 0.1) is 0 Å². The molecular formula is C29H25NO7. The van der Waals surface area contributed by atoms with Crippen molar-refractivity contribution in [3.05, 3.63) is 106 Å². The Hall–Kier alpha value is -4.85. The Kier molecular flexibility index (Phi) is 8.00. The van der Waals surface area contributed by atoms with E-state index >= 15 is 0 Å². The second kappa shape index (κ2) is 11.7. The van der Waals surface area contributed by atoms with E-state index in [2.05, 4.69) is 5.32 Å². The zero-order chi connectivity index (χ0) is 26.2. The van der Waals surface area contributed by atoms with E-state index in [-0.39, 0.29) is 16.9 Å². The monoisotopic (exact) mass is 499 g/mol. The topological polar surface area (TPSA) is 104 Å². The van der Waals surface area contributed by atoms with Crippen molar-refractivity contribution in [3.63, 3.8) is 0 Å². The number of benzene rings is 3. The van der Waals surface area contributed by atoms with Crippen LogP contribution in [-0.4, -0.2) is 25.5 Å². The van der Waals surface area contributed by atoms with Crippen LogP contribution in [0.1, 0.15) is 28.4 Å². The maximum absolute atomic E-state index is 12.4. The lowest BCUT2D eigenvalue weighted by atomic mass is 10.1. The summed E-state index contributed by atoms with van der Waals surface area (Å²) in [6.07, 6.45) is 2.86. The smallest absolute Gasteiger partial charge is 0.349 e. The van der Waals surface area contributed by atoms with Crippen LogP contribution in [0.5, 0.6) is 17.2 Å². The van der Waals surface area contributed by atoms with Crippen LogP contribution in [0.4, 0.5) is 0 Å². The molecule has 37 heavy (non-hydrogen) atoms. The Morgan fingerprint density at radius 3 is 2.54 bits per heavy atom.